The number of nitrogens with zero attached hydrogens (tertiary/aromatic N) is 2. The molecule has 29 heavy (non-hydrogen) atoms. The molecule has 2 aromatic carbocycles. The third-order valence-electron chi connectivity index (χ3n) is 4.49. The maximum atomic E-state index is 14.4. The molecule has 1 aliphatic rings. The lowest BCUT2D eigenvalue weighted by Gasteiger charge is -2.19. The van der Waals surface area contributed by atoms with Crippen molar-refractivity contribution in [3.05, 3.63) is 53.5 Å². The summed E-state index contributed by atoms with van der Waals surface area (Å²) in [7, 11) is -2.56. The monoisotopic (exact) mass is 441 g/mol. The van der Waals surface area contributed by atoms with Gasteiger partial charge in [-0.1, -0.05) is 0 Å². The van der Waals surface area contributed by atoms with Gasteiger partial charge in [0.05, 0.1) is 28.3 Å². The average Bonchev–Trinajstić information content (AvgIpc) is 3.07. The largest absolute Gasteiger partial charge is 0.494 e. The Labute approximate surface area is 168 Å². The van der Waals surface area contributed by atoms with Gasteiger partial charge in [0.15, 0.2) is 11.6 Å². The zero-order chi connectivity index (χ0) is 20.9. The first kappa shape index (κ1) is 19.8. The second-order valence-electron chi connectivity index (χ2n) is 6.25. The van der Waals surface area contributed by atoms with Crippen molar-refractivity contribution in [2.24, 2.45) is 5.14 Å². The van der Waals surface area contributed by atoms with Crippen molar-refractivity contribution in [3.63, 3.8) is 0 Å². The number of halogens is 3. The summed E-state index contributed by atoms with van der Waals surface area (Å²) in [6.07, 6.45) is -2.83. The number of ether oxygens (including phenoxy) is 1. The third kappa shape index (κ3) is 3.38. The highest BCUT2D eigenvalue weighted by atomic mass is 32.2. The first-order chi connectivity index (χ1) is 13.7. The van der Waals surface area contributed by atoms with E-state index in [1.54, 1.807) is 0 Å². The van der Waals surface area contributed by atoms with Crippen molar-refractivity contribution in [3.8, 4) is 22.7 Å². The molecule has 0 atom stereocenters. The molecule has 0 bridgehead atoms. The van der Waals surface area contributed by atoms with Gasteiger partial charge in [0.1, 0.15) is 5.69 Å². The first-order valence-electron chi connectivity index (χ1n) is 8.24. The molecule has 0 saturated heterocycles. The molecule has 0 spiro atoms. The highest BCUT2D eigenvalue weighted by molar-refractivity contribution is 7.98. The van der Waals surface area contributed by atoms with E-state index in [2.05, 4.69) is 5.10 Å². The lowest BCUT2D eigenvalue weighted by molar-refractivity contribution is 0.142. The van der Waals surface area contributed by atoms with Gasteiger partial charge >= 0.3 is 0 Å². The minimum Gasteiger partial charge on any atom is -0.494 e. The zero-order valence-corrected chi connectivity index (χ0v) is 16.5. The fourth-order valence-corrected chi connectivity index (χ4v) is 4.81. The van der Waals surface area contributed by atoms with E-state index < -0.39 is 28.0 Å². The lowest BCUT2D eigenvalue weighted by Crippen LogP contribution is -2.12. The second kappa shape index (κ2) is 7.08. The predicted octanol–water partition coefficient (Wildman–Crippen LogP) is 3.88. The molecule has 0 aliphatic carbocycles. The Hall–Kier alpha value is -2.50. The number of nitrogens with two attached hydrogens (primary N) is 1. The molecule has 0 unspecified atom stereocenters. The van der Waals surface area contributed by atoms with Crippen molar-refractivity contribution >= 4 is 21.8 Å². The molecule has 11 heteroatoms. The fraction of sp³-hybridized carbons (Fsp3) is 0.167. The van der Waals surface area contributed by atoms with Gasteiger partial charge in [-0.3, -0.25) is 0 Å². The number of benzene rings is 2. The number of aromatic nitrogens is 2. The molecule has 2 heterocycles. The van der Waals surface area contributed by atoms with Crippen LogP contribution < -0.4 is 9.88 Å². The minimum atomic E-state index is -3.91. The van der Waals surface area contributed by atoms with E-state index in [0.717, 1.165) is 0 Å². The van der Waals surface area contributed by atoms with Crippen LogP contribution in [-0.2, 0) is 15.8 Å². The number of thioether (sulfide) groups is 1. The van der Waals surface area contributed by atoms with Gasteiger partial charge in [-0.2, -0.15) is 5.10 Å². The number of alkyl halides is 2. The third-order valence-corrected chi connectivity index (χ3v) is 6.56. The van der Waals surface area contributed by atoms with E-state index in [1.807, 2.05) is 0 Å². The van der Waals surface area contributed by atoms with E-state index in [-0.39, 0.29) is 15.5 Å². The maximum absolute atomic E-state index is 14.4. The lowest BCUT2D eigenvalue weighted by atomic mass is 10.0. The van der Waals surface area contributed by atoms with Gasteiger partial charge in [-0.05, 0) is 42.0 Å². The molecule has 0 fully saturated rings. The number of primary sulfonamides is 1. The standard InChI is InChI=1S/C18H14F3N3O3S2/c1-27-14-6-9-8-28-17-15(18(20)21)23-24(16(17)12(9)7-13(14)19)10-2-4-11(5-3-10)29(22,25)26/h2-7,18H,8H2,1H3,(H2,22,25,26). The summed E-state index contributed by atoms with van der Waals surface area (Å²) >= 11 is 1.18. The van der Waals surface area contributed by atoms with E-state index >= 15 is 0 Å². The Morgan fingerprint density at radius 2 is 1.93 bits per heavy atom. The molecule has 0 radical (unpaired) electrons. The fourth-order valence-electron chi connectivity index (χ4n) is 3.15. The Bertz CT molecular complexity index is 1210. The summed E-state index contributed by atoms with van der Waals surface area (Å²) < 4.78 is 70.8. The van der Waals surface area contributed by atoms with Crippen LogP contribution in [0.5, 0.6) is 5.75 Å². The molecule has 4 rings (SSSR count). The predicted molar refractivity (Wildman–Crippen MR) is 101 cm³/mol. The topological polar surface area (TPSA) is 87.2 Å². The normalized spacial score (nSPS) is 13.3. The highest BCUT2D eigenvalue weighted by Crippen LogP contribution is 2.47. The van der Waals surface area contributed by atoms with E-state index in [1.165, 1.54) is 60.0 Å². The smallest absolute Gasteiger partial charge is 0.283 e. The van der Waals surface area contributed by atoms with Crippen LogP contribution in [0.4, 0.5) is 13.2 Å². The summed E-state index contributed by atoms with van der Waals surface area (Å²) in [6, 6.07) is 8.09. The van der Waals surface area contributed by atoms with Crippen LogP contribution >= 0.6 is 11.8 Å². The molecule has 152 valence electrons. The molecule has 6 nitrogen and oxygen atoms in total. The van der Waals surface area contributed by atoms with Crippen molar-refractivity contribution < 1.29 is 26.3 Å². The van der Waals surface area contributed by atoms with Gasteiger partial charge in [0.2, 0.25) is 10.0 Å². The van der Waals surface area contributed by atoms with Gasteiger partial charge in [-0.15, -0.1) is 11.8 Å². The summed E-state index contributed by atoms with van der Waals surface area (Å²) in [5.41, 5.74) is 1.37. The van der Waals surface area contributed by atoms with Crippen LogP contribution in [-0.4, -0.2) is 25.3 Å². The Kier molecular flexibility index (Phi) is 4.83. The number of hydrogen-bond acceptors (Lipinski definition) is 5. The van der Waals surface area contributed by atoms with E-state index in [9.17, 15) is 21.6 Å². The quantitative estimate of drug-likeness (QED) is 0.664. The molecule has 3 aromatic rings. The summed E-state index contributed by atoms with van der Waals surface area (Å²) in [6.45, 7) is 0. The van der Waals surface area contributed by atoms with Crippen molar-refractivity contribution in [1.82, 2.24) is 9.78 Å². The van der Waals surface area contributed by atoms with Gasteiger partial charge < -0.3 is 4.74 Å². The Morgan fingerprint density at radius 1 is 1.24 bits per heavy atom. The molecular formula is C18H14F3N3O3S2. The number of methoxy groups -OCH3 is 1. The second-order valence-corrected chi connectivity index (χ2v) is 8.79. The van der Waals surface area contributed by atoms with Crippen LogP contribution in [0.25, 0.3) is 16.9 Å². The van der Waals surface area contributed by atoms with Crippen LogP contribution in [0, 0.1) is 5.82 Å². The molecular weight excluding hydrogens is 427 g/mol. The SMILES string of the molecule is COc1cc2c(cc1F)-c1c(c(C(F)F)nn1-c1ccc(S(N)(=O)=O)cc1)SC2. The first-order valence-corrected chi connectivity index (χ1v) is 10.8. The summed E-state index contributed by atoms with van der Waals surface area (Å²) in [5, 5.41) is 9.14. The molecule has 1 aliphatic heterocycles. The van der Waals surface area contributed by atoms with E-state index in [0.29, 0.717) is 28.3 Å². The average molecular weight is 441 g/mol. The number of sulfonamides is 1. The van der Waals surface area contributed by atoms with Crippen molar-refractivity contribution in [2.45, 2.75) is 22.0 Å². The van der Waals surface area contributed by atoms with Crippen LogP contribution in [0.3, 0.4) is 0 Å². The van der Waals surface area contributed by atoms with Gasteiger partial charge in [-0.25, -0.2) is 31.4 Å². The Morgan fingerprint density at radius 3 is 2.52 bits per heavy atom. The molecule has 2 N–H and O–H groups in total. The van der Waals surface area contributed by atoms with Gasteiger partial charge in [0, 0.05) is 11.3 Å². The number of fused-ring (bicyclic) bond motifs is 3. The van der Waals surface area contributed by atoms with Crippen LogP contribution in [0.1, 0.15) is 17.7 Å². The Balaban J connectivity index is 1.95. The number of hydrogen-bond donors (Lipinski definition) is 1. The maximum Gasteiger partial charge on any atom is 0.283 e. The summed E-state index contributed by atoms with van der Waals surface area (Å²) in [4.78, 5) is 0.134. The van der Waals surface area contributed by atoms with Crippen LogP contribution in [0.15, 0.2) is 46.2 Å². The van der Waals surface area contributed by atoms with Crippen molar-refractivity contribution in [1.29, 1.82) is 0 Å². The zero-order valence-electron chi connectivity index (χ0n) is 14.9. The molecule has 0 amide bonds. The molecule has 1 aromatic heterocycles. The highest BCUT2D eigenvalue weighted by Gasteiger charge is 2.31. The van der Waals surface area contributed by atoms with E-state index in [4.69, 9.17) is 9.88 Å². The molecule has 0 saturated carbocycles. The van der Waals surface area contributed by atoms with Crippen molar-refractivity contribution in [2.75, 3.05) is 7.11 Å². The van der Waals surface area contributed by atoms with Gasteiger partial charge in [0.25, 0.3) is 6.43 Å². The minimum absolute atomic E-state index is 0.0606. The number of rotatable bonds is 4. The summed E-state index contributed by atoms with van der Waals surface area (Å²) in [5.74, 6) is -0.208. The van der Waals surface area contributed by atoms with Crippen LogP contribution in [0.2, 0.25) is 0 Å².